The molecule has 0 unspecified atom stereocenters. The number of furan rings is 1. The van der Waals surface area contributed by atoms with Crippen LogP contribution in [0.4, 0.5) is 5.69 Å². The van der Waals surface area contributed by atoms with Crippen LogP contribution in [0.5, 0.6) is 0 Å². The molecule has 0 fully saturated rings. The van der Waals surface area contributed by atoms with E-state index in [1.165, 1.54) is 77.2 Å². The van der Waals surface area contributed by atoms with Crippen molar-refractivity contribution in [1.29, 1.82) is 0 Å². The van der Waals surface area contributed by atoms with Gasteiger partial charge >= 0.3 is 0 Å². The van der Waals surface area contributed by atoms with Crippen molar-refractivity contribution in [3.05, 3.63) is 223 Å². The molecule has 1 aliphatic carbocycles. The largest absolute Gasteiger partial charge is 0.456 e. The topological polar surface area (TPSA) is 39.2 Å². The zero-order valence-corrected chi connectivity index (χ0v) is 32.2. The Bertz CT molecular complexity index is 2970. The van der Waals surface area contributed by atoms with E-state index in [0.717, 1.165) is 16.9 Å². The Labute approximate surface area is 334 Å². The van der Waals surface area contributed by atoms with Gasteiger partial charge in [-0.2, -0.15) is 0 Å². The maximum absolute atomic E-state index is 5.89. The molecule has 0 amide bonds. The van der Waals surface area contributed by atoms with Crippen LogP contribution >= 0.6 is 0 Å². The fourth-order valence-corrected chi connectivity index (χ4v) is 8.21. The Hall–Kier alpha value is -7.16. The Morgan fingerprint density at radius 2 is 0.877 bits per heavy atom. The van der Waals surface area contributed by atoms with E-state index < -0.39 is 0 Å². The molecule has 2 N–H and O–H groups in total. The minimum absolute atomic E-state index is 0.0707. The molecule has 1 heterocycles. The van der Waals surface area contributed by atoms with Crippen LogP contribution in [-0.4, -0.2) is 0 Å². The highest BCUT2D eigenvalue weighted by atomic mass is 16.3. The van der Waals surface area contributed by atoms with Gasteiger partial charge in [-0.25, -0.2) is 0 Å². The first kappa shape index (κ1) is 35.5. The first-order chi connectivity index (χ1) is 27.9. The Morgan fingerprint density at radius 1 is 0.351 bits per heavy atom. The maximum atomic E-state index is 5.89. The number of hydrogen-bond acceptors (Lipinski definition) is 2. The molecule has 0 spiro atoms. The molecule has 0 radical (unpaired) electrons. The highest BCUT2D eigenvalue weighted by Gasteiger charge is 2.34. The second-order valence-electron chi connectivity index (χ2n) is 15.1. The summed E-state index contributed by atoms with van der Waals surface area (Å²) >= 11 is 0. The third-order valence-corrected chi connectivity index (χ3v) is 11.2. The molecule has 1 aromatic heterocycles. The number of nitrogen functional groups attached to an aromatic ring is 1. The van der Waals surface area contributed by atoms with Crippen LogP contribution in [-0.2, 0) is 5.41 Å². The van der Waals surface area contributed by atoms with Gasteiger partial charge in [0, 0.05) is 21.9 Å². The van der Waals surface area contributed by atoms with Crippen molar-refractivity contribution in [2.45, 2.75) is 19.3 Å². The summed E-state index contributed by atoms with van der Waals surface area (Å²) in [6.45, 7) is 4.52. The van der Waals surface area contributed by atoms with E-state index in [1.807, 2.05) is 36.4 Å². The number of benzene rings is 9. The number of hydrogen-bond donors (Lipinski definition) is 1. The predicted octanol–water partition coefficient (Wildman–Crippen LogP) is 15.0. The van der Waals surface area contributed by atoms with Gasteiger partial charge in [-0.3, -0.25) is 0 Å². The summed E-state index contributed by atoms with van der Waals surface area (Å²) in [7, 11) is 0. The molecule has 2 nitrogen and oxygen atoms in total. The van der Waals surface area contributed by atoms with Gasteiger partial charge < -0.3 is 10.2 Å². The van der Waals surface area contributed by atoms with Crippen LogP contribution in [0.3, 0.4) is 0 Å². The Balaban J connectivity index is 0.000000113. The first-order valence-corrected chi connectivity index (χ1v) is 19.5. The second kappa shape index (κ2) is 15.2. The van der Waals surface area contributed by atoms with Gasteiger partial charge in [-0.05, 0) is 96.7 Å². The number of nitrogens with two attached hydrogens (primary N) is 1. The van der Waals surface area contributed by atoms with Crippen molar-refractivity contribution in [3.63, 3.8) is 0 Å². The lowest BCUT2D eigenvalue weighted by Crippen LogP contribution is -2.15. The molecule has 10 aromatic rings. The minimum Gasteiger partial charge on any atom is -0.456 e. The predicted molar refractivity (Wildman–Crippen MR) is 242 cm³/mol. The summed E-state index contributed by atoms with van der Waals surface area (Å²) in [6.07, 6.45) is 0. The molecule has 11 rings (SSSR count). The highest BCUT2D eigenvalue weighted by molar-refractivity contribution is 6.06. The Kier molecular flexibility index (Phi) is 9.46. The molecular formula is C55H43NO. The zero-order valence-electron chi connectivity index (χ0n) is 32.2. The zero-order chi connectivity index (χ0) is 38.8. The minimum atomic E-state index is 0.0707. The molecule has 0 atom stereocenters. The summed E-state index contributed by atoms with van der Waals surface area (Å²) in [5.41, 5.74) is 21.6. The molecule has 0 saturated heterocycles. The van der Waals surface area contributed by atoms with E-state index >= 15 is 0 Å². The van der Waals surface area contributed by atoms with Gasteiger partial charge in [0.2, 0.25) is 0 Å². The molecule has 274 valence electrons. The molecule has 0 bridgehead atoms. The van der Waals surface area contributed by atoms with E-state index in [2.05, 4.69) is 190 Å². The summed E-state index contributed by atoms with van der Waals surface area (Å²) in [5.74, 6) is 0. The van der Waals surface area contributed by atoms with Gasteiger partial charge in [0.25, 0.3) is 0 Å². The maximum Gasteiger partial charge on any atom is 0.135 e. The molecular weight excluding hydrogens is 691 g/mol. The molecule has 9 aromatic carbocycles. The highest BCUT2D eigenvalue weighted by Crippen LogP contribution is 2.48. The summed E-state index contributed by atoms with van der Waals surface area (Å²) in [4.78, 5) is 0. The van der Waals surface area contributed by atoms with Gasteiger partial charge in [0.05, 0.1) is 0 Å². The average Bonchev–Trinajstić information content (AvgIpc) is 3.75. The van der Waals surface area contributed by atoms with E-state index in [0.29, 0.717) is 0 Å². The standard InChI is InChI=1S/C22H16.C18H12O.C15H15N/c1-2-7-17(8-3-1)18-13-15-20(16-14-18)22-12-6-10-19-9-4-5-11-21(19)22;1-2-6-13(7-3-1)14-10-11-18-16(12-14)15-8-4-5-9-17(15)19-18;1-15(2)13-6-4-3-5-11(13)12-8-7-10(16)9-14(12)15/h1-16H;1-12H;3-9H,16H2,1-2H3. The van der Waals surface area contributed by atoms with Crippen molar-refractivity contribution in [1.82, 2.24) is 0 Å². The third kappa shape index (κ3) is 6.99. The SMILES string of the molecule is CC1(C)c2ccccc2-c2ccc(N)cc21.c1ccc(-c2ccc(-c3cccc4ccccc34)cc2)cc1.c1ccc(-c2ccc3oc4ccccc4c3c2)cc1. The van der Waals surface area contributed by atoms with Crippen LogP contribution < -0.4 is 5.73 Å². The smallest absolute Gasteiger partial charge is 0.135 e. The lowest BCUT2D eigenvalue weighted by atomic mass is 9.82. The van der Waals surface area contributed by atoms with Gasteiger partial charge in [0.15, 0.2) is 0 Å². The van der Waals surface area contributed by atoms with Crippen molar-refractivity contribution in [2.24, 2.45) is 0 Å². The molecule has 0 saturated carbocycles. The quantitative estimate of drug-likeness (QED) is 0.184. The van der Waals surface area contributed by atoms with Crippen LogP contribution in [0.15, 0.2) is 217 Å². The second-order valence-corrected chi connectivity index (χ2v) is 15.1. The normalized spacial score (nSPS) is 12.2. The van der Waals surface area contributed by atoms with Gasteiger partial charge in [0.1, 0.15) is 11.2 Å². The van der Waals surface area contributed by atoms with Crippen molar-refractivity contribution < 1.29 is 4.42 Å². The van der Waals surface area contributed by atoms with Crippen LogP contribution in [0.1, 0.15) is 25.0 Å². The molecule has 0 aliphatic heterocycles. The monoisotopic (exact) mass is 733 g/mol. The fourth-order valence-electron chi connectivity index (χ4n) is 8.21. The third-order valence-electron chi connectivity index (χ3n) is 11.2. The number of para-hydroxylation sites is 1. The lowest BCUT2D eigenvalue weighted by Gasteiger charge is -2.21. The first-order valence-electron chi connectivity index (χ1n) is 19.5. The molecule has 57 heavy (non-hydrogen) atoms. The fraction of sp³-hybridized carbons (Fsp3) is 0.0545. The van der Waals surface area contributed by atoms with Crippen LogP contribution in [0.25, 0.3) is 77.2 Å². The van der Waals surface area contributed by atoms with Crippen molar-refractivity contribution in [3.8, 4) is 44.5 Å². The van der Waals surface area contributed by atoms with Crippen LogP contribution in [0.2, 0.25) is 0 Å². The molecule has 1 aliphatic rings. The lowest BCUT2D eigenvalue weighted by molar-refractivity contribution is 0.660. The number of rotatable bonds is 3. The van der Waals surface area contributed by atoms with E-state index in [4.69, 9.17) is 10.2 Å². The van der Waals surface area contributed by atoms with Crippen molar-refractivity contribution >= 4 is 38.4 Å². The van der Waals surface area contributed by atoms with E-state index in [1.54, 1.807) is 0 Å². The van der Waals surface area contributed by atoms with Crippen molar-refractivity contribution in [2.75, 3.05) is 5.73 Å². The summed E-state index contributed by atoms with van der Waals surface area (Å²) in [5, 5.41) is 4.94. The van der Waals surface area contributed by atoms with Crippen LogP contribution in [0, 0.1) is 0 Å². The van der Waals surface area contributed by atoms with Gasteiger partial charge in [-0.15, -0.1) is 0 Å². The van der Waals surface area contributed by atoms with E-state index in [9.17, 15) is 0 Å². The Morgan fingerprint density at radius 3 is 1.65 bits per heavy atom. The summed E-state index contributed by atoms with van der Waals surface area (Å²) < 4.78 is 5.84. The number of anilines is 1. The average molecular weight is 734 g/mol. The van der Waals surface area contributed by atoms with Gasteiger partial charge in [-0.1, -0.05) is 196 Å². The summed E-state index contributed by atoms with van der Waals surface area (Å²) in [6, 6.07) is 74.1. The van der Waals surface area contributed by atoms with E-state index in [-0.39, 0.29) is 5.41 Å². The number of fused-ring (bicyclic) bond motifs is 7. The molecule has 2 heteroatoms.